The van der Waals surface area contributed by atoms with Gasteiger partial charge in [0, 0.05) is 6.04 Å². The van der Waals surface area contributed by atoms with Crippen LogP contribution in [0, 0.1) is 5.82 Å². The summed E-state index contributed by atoms with van der Waals surface area (Å²) in [6, 6.07) is 17.9. The number of benzene rings is 2. The highest BCUT2D eigenvalue weighted by atomic mass is 19.1. The topological polar surface area (TPSA) is 12.0 Å². The molecule has 1 aliphatic carbocycles. The third kappa shape index (κ3) is 2.85. The zero-order valence-corrected chi connectivity index (χ0v) is 10.9. The number of hydrogen-bond donors (Lipinski definition) is 1. The molecule has 98 valence electrons. The molecule has 2 aromatic carbocycles. The molecule has 0 saturated heterocycles. The van der Waals surface area contributed by atoms with Crippen molar-refractivity contribution in [2.45, 2.75) is 31.3 Å². The first-order valence-electron chi connectivity index (χ1n) is 6.89. The first-order valence-corrected chi connectivity index (χ1v) is 6.89. The van der Waals surface area contributed by atoms with E-state index in [2.05, 4.69) is 17.4 Å². The van der Waals surface area contributed by atoms with E-state index in [9.17, 15) is 4.39 Å². The maximum Gasteiger partial charge on any atom is 0.123 e. The first-order chi connectivity index (χ1) is 9.33. The van der Waals surface area contributed by atoms with Crippen LogP contribution in [0.3, 0.4) is 0 Å². The van der Waals surface area contributed by atoms with E-state index in [0.717, 1.165) is 5.56 Å². The van der Waals surface area contributed by atoms with E-state index in [4.69, 9.17) is 0 Å². The number of nitrogens with one attached hydrogen (secondary N) is 1. The molecular formula is C17H18FN. The molecule has 0 radical (unpaired) electrons. The van der Waals surface area contributed by atoms with Crippen LogP contribution in [0.5, 0.6) is 0 Å². The number of halogens is 1. The zero-order valence-electron chi connectivity index (χ0n) is 10.9. The largest absolute Gasteiger partial charge is 0.303 e. The van der Waals surface area contributed by atoms with Crippen molar-refractivity contribution in [2.24, 2.45) is 0 Å². The van der Waals surface area contributed by atoms with Gasteiger partial charge in [-0.05, 0) is 36.1 Å². The smallest absolute Gasteiger partial charge is 0.123 e. The van der Waals surface area contributed by atoms with Crippen LogP contribution in [0.2, 0.25) is 0 Å². The van der Waals surface area contributed by atoms with E-state index in [1.54, 1.807) is 0 Å². The number of hydrogen-bond acceptors (Lipinski definition) is 1. The van der Waals surface area contributed by atoms with Gasteiger partial charge in [0.05, 0.1) is 6.04 Å². The van der Waals surface area contributed by atoms with Gasteiger partial charge in [0.15, 0.2) is 0 Å². The van der Waals surface area contributed by atoms with Crippen LogP contribution in [-0.4, -0.2) is 6.04 Å². The monoisotopic (exact) mass is 255 g/mol. The highest BCUT2D eigenvalue weighted by Crippen LogP contribution is 2.27. The van der Waals surface area contributed by atoms with Crippen molar-refractivity contribution in [1.82, 2.24) is 5.32 Å². The second-order valence-electron chi connectivity index (χ2n) is 5.19. The van der Waals surface area contributed by atoms with E-state index in [1.807, 2.05) is 30.3 Å². The maximum atomic E-state index is 13.1. The van der Waals surface area contributed by atoms with Gasteiger partial charge >= 0.3 is 0 Å². The fourth-order valence-electron chi connectivity index (χ4n) is 2.50. The molecule has 1 atom stereocenters. The van der Waals surface area contributed by atoms with Gasteiger partial charge in [-0.3, -0.25) is 0 Å². The normalized spacial score (nSPS) is 16.9. The van der Waals surface area contributed by atoms with Crippen molar-refractivity contribution in [1.29, 1.82) is 0 Å². The Morgan fingerprint density at radius 1 is 0.895 bits per heavy atom. The molecule has 0 heterocycles. The third-order valence-corrected chi connectivity index (χ3v) is 3.84. The van der Waals surface area contributed by atoms with Crippen LogP contribution in [0.4, 0.5) is 4.39 Å². The van der Waals surface area contributed by atoms with Crippen LogP contribution in [0.25, 0.3) is 0 Å². The average molecular weight is 255 g/mol. The Morgan fingerprint density at radius 2 is 1.53 bits per heavy atom. The minimum absolute atomic E-state index is 0.159. The lowest BCUT2D eigenvalue weighted by molar-refractivity contribution is 0.320. The van der Waals surface area contributed by atoms with E-state index in [1.165, 1.54) is 37.0 Å². The van der Waals surface area contributed by atoms with Gasteiger partial charge in [-0.25, -0.2) is 4.39 Å². The van der Waals surface area contributed by atoms with Crippen LogP contribution < -0.4 is 5.32 Å². The van der Waals surface area contributed by atoms with Gasteiger partial charge in [0.25, 0.3) is 0 Å². The second-order valence-corrected chi connectivity index (χ2v) is 5.19. The molecule has 1 N–H and O–H groups in total. The Balaban J connectivity index is 1.88. The predicted octanol–water partition coefficient (Wildman–Crippen LogP) is 4.06. The van der Waals surface area contributed by atoms with Crippen LogP contribution in [-0.2, 0) is 0 Å². The lowest BCUT2D eigenvalue weighted by atomic mass is 9.90. The average Bonchev–Trinajstić information content (AvgIpc) is 2.40. The summed E-state index contributed by atoms with van der Waals surface area (Å²) in [6.45, 7) is 0. The summed E-state index contributed by atoms with van der Waals surface area (Å²) in [5, 5.41) is 3.68. The lowest BCUT2D eigenvalue weighted by Crippen LogP contribution is -2.38. The van der Waals surface area contributed by atoms with Crippen LogP contribution in [0.15, 0.2) is 54.6 Å². The second kappa shape index (κ2) is 5.54. The summed E-state index contributed by atoms with van der Waals surface area (Å²) in [6.07, 6.45) is 3.79. The van der Waals surface area contributed by atoms with Crippen LogP contribution >= 0.6 is 0 Å². The SMILES string of the molecule is Fc1ccc(C(NC2CCC2)c2ccccc2)cc1. The molecular weight excluding hydrogens is 237 g/mol. The highest BCUT2D eigenvalue weighted by molar-refractivity contribution is 5.32. The Morgan fingerprint density at radius 3 is 2.11 bits per heavy atom. The Hall–Kier alpha value is -1.67. The summed E-state index contributed by atoms with van der Waals surface area (Å²) >= 11 is 0. The van der Waals surface area contributed by atoms with E-state index >= 15 is 0 Å². The van der Waals surface area contributed by atoms with E-state index in [-0.39, 0.29) is 11.9 Å². The number of rotatable bonds is 4. The van der Waals surface area contributed by atoms with Gasteiger partial charge in [-0.15, -0.1) is 0 Å². The van der Waals surface area contributed by atoms with Crippen LogP contribution in [0.1, 0.15) is 36.4 Å². The fraction of sp³-hybridized carbons (Fsp3) is 0.294. The molecule has 1 fully saturated rings. The third-order valence-electron chi connectivity index (χ3n) is 3.84. The van der Waals surface area contributed by atoms with Gasteiger partial charge in [0.1, 0.15) is 5.82 Å². The molecule has 0 aromatic heterocycles. The molecule has 1 saturated carbocycles. The predicted molar refractivity (Wildman–Crippen MR) is 75.5 cm³/mol. The van der Waals surface area contributed by atoms with E-state index in [0.29, 0.717) is 6.04 Å². The van der Waals surface area contributed by atoms with Crippen molar-refractivity contribution in [3.05, 3.63) is 71.5 Å². The van der Waals surface area contributed by atoms with E-state index < -0.39 is 0 Å². The molecule has 1 nitrogen and oxygen atoms in total. The van der Waals surface area contributed by atoms with Gasteiger partial charge in [0.2, 0.25) is 0 Å². The summed E-state index contributed by atoms with van der Waals surface area (Å²) < 4.78 is 13.1. The quantitative estimate of drug-likeness (QED) is 0.868. The Bertz CT molecular complexity index is 517. The van der Waals surface area contributed by atoms with Gasteiger partial charge < -0.3 is 5.32 Å². The highest BCUT2D eigenvalue weighted by Gasteiger charge is 2.23. The van der Waals surface area contributed by atoms with Crippen molar-refractivity contribution in [2.75, 3.05) is 0 Å². The fourth-order valence-corrected chi connectivity index (χ4v) is 2.50. The van der Waals surface area contributed by atoms with Crippen molar-refractivity contribution >= 4 is 0 Å². The standard InChI is InChI=1S/C17H18FN/c18-15-11-9-14(10-12-15)17(19-16-7-4-8-16)13-5-2-1-3-6-13/h1-3,5-6,9-12,16-17,19H,4,7-8H2. The summed E-state index contributed by atoms with van der Waals surface area (Å²) in [5.41, 5.74) is 2.36. The maximum absolute atomic E-state index is 13.1. The molecule has 1 aliphatic rings. The lowest BCUT2D eigenvalue weighted by Gasteiger charge is -2.32. The minimum atomic E-state index is -0.181. The van der Waals surface area contributed by atoms with Crippen molar-refractivity contribution in [3.63, 3.8) is 0 Å². The Labute approximate surface area is 113 Å². The molecule has 0 aliphatic heterocycles. The van der Waals surface area contributed by atoms with Gasteiger partial charge in [-0.2, -0.15) is 0 Å². The van der Waals surface area contributed by atoms with Crippen molar-refractivity contribution in [3.8, 4) is 0 Å². The summed E-state index contributed by atoms with van der Waals surface area (Å²) in [4.78, 5) is 0. The first kappa shape index (κ1) is 12.4. The van der Waals surface area contributed by atoms with Gasteiger partial charge in [-0.1, -0.05) is 48.9 Å². The molecule has 2 aromatic rings. The van der Waals surface area contributed by atoms with Crippen molar-refractivity contribution < 1.29 is 4.39 Å². The Kier molecular flexibility index (Phi) is 3.60. The molecule has 0 amide bonds. The molecule has 1 unspecified atom stereocenters. The molecule has 2 heteroatoms. The zero-order chi connectivity index (χ0) is 13.1. The molecule has 0 spiro atoms. The molecule has 0 bridgehead atoms. The molecule has 19 heavy (non-hydrogen) atoms. The molecule has 3 rings (SSSR count). The summed E-state index contributed by atoms with van der Waals surface area (Å²) in [5.74, 6) is -0.181. The minimum Gasteiger partial charge on any atom is -0.303 e. The summed E-state index contributed by atoms with van der Waals surface area (Å²) in [7, 11) is 0.